The zero-order valence-electron chi connectivity index (χ0n) is 15.3. The van der Waals surface area contributed by atoms with Gasteiger partial charge in [0.1, 0.15) is 17.9 Å². The number of halogens is 1. The summed E-state index contributed by atoms with van der Waals surface area (Å²) in [7, 11) is 2.10. The summed E-state index contributed by atoms with van der Waals surface area (Å²) in [5.74, 6) is 0.553. The first-order valence-electron chi connectivity index (χ1n) is 9.11. The second-order valence-electron chi connectivity index (χ2n) is 6.96. The number of likely N-dealkylation sites (N-methyl/N-ethyl adjacent to an activating group) is 1. The van der Waals surface area contributed by atoms with Crippen LogP contribution < -0.4 is 0 Å². The molecule has 140 valence electrons. The Kier molecular flexibility index (Phi) is 4.02. The lowest BCUT2D eigenvalue weighted by atomic mass is 10.0. The summed E-state index contributed by atoms with van der Waals surface area (Å²) in [4.78, 5) is 11.1. The molecule has 28 heavy (non-hydrogen) atoms. The van der Waals surface area contributed by atoms with Gasteiger partial charge >= 0.3 is 0 Å². The van der Waals surface area contributed by atoms with Crippen molar-refractivity contribution in [3.8, 4) is 22.5 Å². The monoisotopic (exact) mass is 375 g/mol. The number of aromatic amines is 1. The molecule has 0 radical (unpaired) electrons. The van der Waals surface area contributed by atoms with E-state index in [1.807, 2.05) is 6.07 Å². The molecule has 5 rings (SSSR count). The minimum atomic E-state index is -0.278. The lowest BCUT2D eigenvalue weighted by Gasteiger charge is -2.20. The van der Waals surface area contributed by atoms with E-state index >= 15 is 0 Å². The van der Waals surface area contributed by atoms with E-state index in [2.05, 4.69) is 38.2 Å². The van der Waals surface area contributed by atoms with Crippen LogP contribution in [-0.4, -0.2) is 45.2 Å². The zero-order chi connectivity index (χ0) is 19.1. The lowest BCUT2D eigenvalue weighted by molar-refractivity contribution is 0.368. The average Bonchev–Trinajstić information content (AvgIpc) is 3.36. The first-order chi connectivity index (χ1) is 13.7. The Morgan fingerprint density at radius 1 is 1.18 bits per heavy atom. The first-order valence-corrected chi connectivity index (χ1v) is 9.11. The Labute approximate surface area is 160 Å². The van der Waals surface area contributed by atoms with Gasteiger partial charge in [-0.2, -0.15) is 5.10 Å². The molecule has 7 heteroatoms. The van der Waals surface area contributed by atoms with Gasteiger partial charge in [0.15, 0.2) is 0 Å². The van der Waals surface area contributed by atoms with Crippen LogP contribution in [0.4, 0.5) is 4.39 Å². The molecule has 1 aliphatic rings. The molecule has 0 saturated carbocycles. The van der Waals surface area contributed by atoms with Crippen LogP contribution in [0.5, 0.6) is 0 Å². The number of benzene rings is 1. The fraction of sp³-hybridized carbons (Fsp3) is 0.190. The second-order valence-corrected chi connectivity index (χ2v) is 6.96. The number of nitrogens with zero attached hydrogens (tertiary/aromatic N) is 4. The van der Waals surface area contributed by atoms with E-state index in [9.17, 15) is 4.39 Å². The number of hydrogen-bond acceptors (Lipinski definition) is 5. The van der Waals surface area contributed by atoms with Gasteiger partial charge in [0.2, 0.25) is 5.71 Å². The highest BCUT2D eigenvalue weighted by atomic mass is 19.1. The Hall–Kier alpha value is -3.32. The molecule has 0 aliphatic carbocycles. The highest BCUT2D eigenvalue weighted by Crippen LogP contribution is 2.35. The summed E-state index contributed by atoms with van der Waals surface area (Å²) >= 11 is 0. The number of furan rings is 1. The molecule has 4 aromatic rings. The molecule has 0 bridgehead atoms. The van der Waals surface area contributed by atoms with E-state index in [0.717, 1.165) is 53.2 Å². The molecule has 0 atom stereocenters. The van der Waals surface area contributed by atoms with Gasteiger partial charge in [-0.05, 0) is 49.4 Å². The number of nitrogens with one attached hydrogen (secondary N) is 1. The molecular formula is C21H18FN5O. The third-order valence-corrected chi connectivity index (χ3v) is 5.09. The maximum Gasteiger partial charge on any atom is 0.230 e. The molecule has 3 aromatic heterocycles. The van der Waals surface area contributed by atoms with Gasteiger partial charge in [-0.15, -0.1) is 0 Å². The van der Waals surface area contributed by atoms with Gasteiger partial charge in [-0.3, -0.25) is 5.10 Å². The topological polar surface area (TPSA) is 70.8 Å². The summed E-state index contributed by atoms with van der Waals surface area (Å²) in [6.45, 7) is 1.90. The predicted octanol–water partition coefficient (Wildman–Crippen LogP) is 4.14. The number of H-pyrrole nitrogens is 1. The normalized spacial score (nSPS) is 15.1. The van der Waals surface area contributed by atoms with Crippen molar-refractivity contribution in [2.75, 3.05) is 20.1 Å². The van der Waals surface area contributed by atoms with E-state index in [-0.39, 0.29) is 5.82 Å². The summed E-state index contributed by atoms with van der Waals surface area (Å²) in [5, 5.41) is 8.02. The van der Waals surface area contributed by atoms with E-state index in [1.54, 1.807) is 18.3 Å². The van der Waals surface area contributed by atoms with Gasteiger partial charge in [0.25, 0.3) is 0 Å². The van der Waals surface area contributed by atoms with Crippen molar-refractivity contribution in [3.05, 3.63) is 60.5 Å². The number of fused-ring (bicyclic) bond motifs is 1. The third-order valence-electron chi connectivity index (χ3n) is 5.09. The molecule has 1 aliphatic heterocycles. The third kappa shape index (κ3) is 2.90. The van der Waals surface area contributed by atoms with Gasteiger partial charge in [0, 0.05) is 24.2 Å². The van der Waals surface area contributed by atoms with Crippen molar-refractivity contribution in [3.63, 3.8) is 0 Å². The van der Waals surface area contributed by atoms with Gasteiger partial charge < -0.3 is 9.32 Å². The highest BCUT2D eigenvalue weighted by Gasteiger charge is 2.19. The summed E-state index contributed by atoms with van der Waals surface area (Å²) < 4.78 is 19.3. The van der Waals surface area contributed by atoms with Crippen LogP contribution >= 0.6 is 0 Å². The SMILES string of the molecule is CN1CC=C(c2cc3c(-c4cn[nH]c4-c4ccc(F)cc4)ncnc3o2)CC1. The van der Waals surface area contributed by atoms with Crippen LogP contribution in [0.15, 0.2) is 53.3 Å². The van der Waals surface area contributed by atoms with Gasteiger partial charge in [-0.25, -0.2) is 14.4 Å². The lowest BCUT2D eigenvalue weighted by Crippen LogP contribution is -2.23. The molecule has 0 saturated heterocycles. The number of hydrogen-bond donors (Lipinski definition) is 1. The minimum Gasteiger partial charge on any atom is -0.438 e. The average molecular weight is 375 g/mol. The maximum atomic E-state index is 13.3. The fourth-order valence-electron chi connectivity index (χ4n) is 3.53. The van der Waals surface area contributed by atoms with Crippen LogP contribution in [0.25, 0.3) is 39.2 Å². The van der Waals surface area contributed by atoms with Crippen LogP contribution in [0.3, 0.4) is 0 Å². The zero-order valence-corrected chi connectivity index (χ0v) is 15.3. The van der Waals surface area contributed by atoms with Crippen LogP contribution in [0, 0.1) is 5.82 Å². The molecule has 0 fully saturated rings. The highest BCUT2D eigenvalue weighted by molar-refractivity contribution is 5.95. The van der Waals surface area contributed by atoms with Gasteiger partial charge in [0.05, 0.1) is 23.0 Å². The Bertz CT molecular complexity index is 1180. The van der Waals surface area contributed by atoms with Crippen molar-refractivity contribution in [1.29, 1.82) is 0 Å². The Morgan fingerprint density at radius 2 is 2.04 bits per heavy atom. The largest absolute Gasteiger partial charge is 0.438 e. The van der Waals surface area contributed by atoms with E-state index in [4.69, 9.17) is 4.42 Å². The Morgan fingerprint density at radius 3 is 2.82 bits per heavy atom. The number of aromatic nitrogens is 4. The van der Waals surface area contributed by atoms with Crippen molar-refractivity contribution >= 4 is 16.7 Å². The van der Waals surface area contributed by atoms with Crippen molar-refractivity contribution in [1.82, 2.24) is 25.1 Å². The van der Waals surface area contributed by atoms with Gasteiger partial charge in [-0.1, -0.05) is 6.08 Å². The summed E-state index contributed by atoms with van der Waals surface area (Å²) in [6, 6.07) is 8.29. The van der Waals surface area contributed by atoms with E-state index in [1.165, 1.54) is 24.0 Å². The molecule has 1 N–H and O–H groups in total. The maximum absolute atomic E-state index is 13.3. The smallest absolute Gasteiger partial charge is 0.230 e. The number of rotatable bonds is 3. The van der Waals surface area contributed by atoms with Crippen molar-refractivity contribution in [2.45, 2.75) is 6.42 Å². The molecule has 6 nitrogen and oxygen atoms in total. The van der Waals surface area contributed by atoms with E-state index < -0.39 is 0 Å². The molecular weight excluding hydrogens is 357 g/mol. The van der Waals surface area contributed by atoms with Crippen LogP contribution in [0.2, 0.25) is 0 Å². The Balaban J connectivity index is 1.61. The first kappa shape index (κ1) is 16.8. The van der Waals surface area contributed by atoms with Crippen molar-refractivity contribution < 1.29 is 8.81 Å². The molecule has 0 unspecified atom stereocenters. The molecule has 4 heterocycles. The van der Waals surface area contributed by atoms with Crippen LogP contribution in [-0.2, 0) is 0 Å². The van der Waals surface area contributed by atoms with Crippen LogP contribution in [0.1, 0.15) is 12.2 Å². The molecule has 0 spiro atoms. The molecule has 0 amide bonds. The molecule has 1 aromatic carbocycles. The summed E-state index contributed by atoms with van der Waals surface area (Å²) in [5.41, 5.74) is 4.91. The second kappa shape index (κ2) is 6.69. The quantitative estimate of drug-likeness (QED) is 0.583. The standard InChI is InChI=1S/C21H18FN5O/c1-27-8-6-13(7-9-27)18-10-16-20(23-12-24-21(16)28-18)17-11-25-26-19(17)14-2-4-15(22)5-3-14/h2-6,10-12H,7-9H2,1H3,(H,25,26). The predicted molar refractivity (Wildman–Crippen MR) is 105 cm³/mol. The summed E-state index contributed by atoms with van der Waals surface area (Å²) in [6.07, 6.45) is 6.35. The van der Waals surface area contributed by atoms with E-state index in [0.29, 0.717) is 5.71 Å². The fourth-order valence-corrected chi connectivity index (χ4v) is 3.53. The van der Waals surface area contributed by atoms with Crippen molar-refractivity contribution in [2.24, 2.45) is 0 Å². The minimum absolute atomic E-state index is 0.278.